The molecule has 2 unspecified atom stereocenters. The molecule has 0 bridgehead atoms. The van der Waals surface area contributed by atoms with Crippen molar-refractivity contribution in [2.75, 3.05) is 14.2 Å². The highest BCUT2D eigenvalue weighted by Gasteiger charge is 2.63. The van der Waals surface area contributed by atoms with Crippen LogP contribution >= 0.6 is 0 Å². The third-order valence-corrected chi connectivity index (χ3v) is 4.55. The summed E-state index contributed by atoms with van der Waals surface area (Å²) >= 11 is 0. The number of carbonyl (C=O) groups excluding carboxylic acids is 1. The highest BCUT2D eigenvalue weighted by molar-refractivity contribution is 6.09. The van der Waals surface area contributed by atoms with E-state index in [0.717, 1.165) is 11.1 Å². The summed E-state index contributed by atoms with van der Waals surface area (Å²) in [5.74, 6) is -0.0497. The van der Waals surface area contributed by atoms with E-state index in [1.807, 2.05) is 54.6 Å². The Morgan fingerprint density at radius 3 is 2.10 bits per heavy atom. The molecule has 3 nitrogen and oxygen atoms in total. The number of methoxy groups -OCH3 is 2. The molecule has 0 amide bonds. The maximum absolute atomic E-state index is 12.9. The van der Waals surface area contributed by atoms with Crippen LogP contribution in [0.4, 0.5) is 0 Å². The lowest BCUT2D eigenvalue weighted by molar-refractivity contribution is -0.127. The molecule has 3 heteroatoms. The largest absolute Gasteiger partial charge is 0.367 e. The van der Waals surface area contributed by atoms with Crippen molar-refractivity contribution in [3.63, 3.8) is 0 Å². The molecule has 0 heterocycles. The van der Waals surface area contributed by atoms with Gasteiger partial charge in [0.15, 0.2) is 17.0 Å². The van der Waals surface area contributed by atoms with Crippen LogP contribution in [-0.2, 0) is 15.1 Å². The van der Waals surface area contributed by atoms with Crippen LogP contribution in [-0.4, -0.2) is 25.6 Å². The minimum absolute atomic E-state index is 0.0497. The average Bonchev–Trinajstić information content (AvgIpc) is 2.75. The van der Waals surface area contributed by atoms with Crippen molar-refractivity contribution in [3.05, 3.63) is 71.3 Å². The smallest absolute Gasteiger partial charge is 0.198 e. The molecule has 0 fully saturated rings. The molecule has 1 aliphatic carbocycles. The lowest BCUT2D eigenvalue weighted by Gasteiger charge is -2.41. The Bertz CT molecular complexity index is 680. The summed E-state index contributed by atoms with van der Waals surface area (Å²) in [6.45, 7) is 1.80. The average molecular weight is 282 g/mol. The van der Waals surface area contributed by atoms with Crippen LogP contribution < -0.4 is 0 Å². The molecular formula is C18H18O3. The molecule has 0 N–H and O–H groups in total. The van der Waals surface area contributed by atoms with E-state index in [4.69, 9.17) is 9.47 Å². The Kier molecular flexibility index (Phi) is 3.19. The number of fused-ring (bicyclic) bond motifs is 1. The number of Topliss-reactive ketones (excluding diaryl/α,β-unsaturated/α-hetero) is 1. The Labute approximate surface area is 124 Å². The van der Waals surface area contributed by atoms with Gasteiger partial charge in [0.25, 0.3) is 0 Å². The molecule has 0 aliphatic heterocycles. The van der Waals surface area contributed by atoms with Gasteiger partial charge < -0.3 is 9.47 Å². The molecule has 2 aromatic rings. The molecule has 0 saturated heterocycles. The minimum Gasteiger partial charge on any atom is -0.367 e. The third kappa shape index (κ3) is 1.59. The van der Waals surface area contributed by atoms with Crippen molar-refractivity contribution in [2.24, 2.45) is 0 Å². The summed E-state index contributed by atoms with van der Waals surface area (Å²) in [6, 6.07) is 17.3. The van der Waals surface area contributed by atoms with E-state index in [9.17, 15) is 4.79 Å². The third-order valence-electron chi connectivity index (χ3n) is 4.55. The maximum Gasteiger partial charge on any atom is 0.198 e. The predicted octanol–water partition coefficient (Wildman–Crippen LogP) is 3.18. The van der Waals surface area contributed by atoms with Crippen molar-refractivity contribution in [2.45, 2.75) is 18.1 Å². The van der Waals surface area contributed by atoms with Crippen LogP contribution in [0.15, 0.2) is 54.6 Å². The zero-order valence-electron chi connectivity index (χ0n) is 12.4. The van der Waals surface area contributed by atoms with Crippen molar-refractivity contribution in [1.82, 2.24) is 0 Å². The first-order chi connectivity index (χ1) is 10.1. The summed E-state index contributed by atoms with van der Waals surface area (Å²) in [7, 11) is 3.18. The van der Waals surface area contributed by atoms with E-state index in [1.165, 1.54) is 0 Å². The first kappa shape index (κ1) is 14.0. The summed E-state index contributed by atoms with van der Waals surface area (Å²) in [5.41, 5.74) is 0.402. The second-order valence-corrected chi connectivity index (χ2v) is 5.36. The molecule has 0 spiro atoms. The molecular weight excluding hydrogens is 264 g/mol. The van der Waals surface area contributed by atoms with Crippen molar-refractivity contribution < 1.29 is 14.3 Å². The van der Waals surface area contributed by atoms with Gasteiger partial charge in [-0.25, -0.2) is 0 Å². The fraction of sp³-hybridized carbons (Fsp3) is 0.278. The van der Waals surface area contributed by atoms with Gasteiger partial charge in [-0.1, -0.05) is 54.6 Å². The molecule has 1 aliphatic rings. The Morgan fingerprint density at radius 2 is 1.48 bits per heavy atom. The normalized spacial score (nSPS) is 27.7. The van der Waals surface area contributed by atoms with Gasteiger partial charge in [-0.2, -0.15) is 0 Å². The van der Waals surface area contributed by atoms with E-state index in [-0.39, 0.29) is 5.78 Å². The number of carbonyl (C=O) groups is 1. The molecule has 108 valence electrons. The zero-order chi connectivity index (χ0) is 15.1. The summed E-state index contributed by atoms with van der Waals surface area (Å²) in [6.07, 6.45) is 0. The number of hydrogen-bond acceptors (Lipinski definition) is 3. The van der Waals surface area contributed by atoms with Crippen molar-refractivity contribution in [1.29, 1.82) is 0 Å². The highest BCUT2D eigenvalue weighted by Crippen LogP contribution is 2.52. The fourth-order valence-corrected chi connectivity index (χ4v) is 3.42. The standard InChI is InChI=1S/C18H18O3/c1-17(20-2)16(19)14-11-7-8-12-15(14)18(17,21-3)13-9-5-4-6-10-13/h4-12H,1-3H3. The minimum atomic E-state index is -1.09. The second-order valence-electron chi connectivity index (χ2n) is 5.36. The molecule has 2 aromatic carbocycles. The van der Waals surface area contributed by atoms with Crippen LogP contribution in [0.5, 0.6) is 0 Å². The molecule has 0 aromatic heterocycles. The van der Waals surface area contributed by atoms with Gasteiger partial charge in [-0.05, 0) is 12.5 Å². The van der Waals surface area contributed by atoms with Crippen LogP contribution in [0.25, 0.3) is 0 Å². The Morgan fingerprint density at radius 1 is 0.857 bits per heavy atom. The van der Waals surface area contributed by atoms with Gasteiger partial charge in [0.1, 0.15) is 0 Å². The first-order valence-electron chi connectivity index (χ1n) is 6.92. The van der Waals surface area contributed by atoms with E-state index >= 15 is 0 Å². The fourth-order valence-electron chi connectivity index (χ4n) is 3.42. The summed E-state index contributed by atoms with van der Waals surface area (Å²) in [5, 5.41) is 0. The molecule has 2 atom stereocenters. The van der Waals surface area contributed by atoms with Crippen LogP contribution in [0.3, 0.4) is 0 Å². The number of benzene rings is 2. The van der Waals surface area contributed by atoms with Gasteiger partial charge in [-0.15, -0.1) is 0 Å². The van der Waals surface area contributed by atoms with E-state index < -0.39 is 11.2 Å². The van der Waals surface area contributed by atoms with E-state index in [1.54, 1.807) is 21.1 Å². The molecule has 21 heavy (non-hydrogen) atoms. The van der Waals surface area contributed by atoms with Gasteiger partial charge >= 0.3 is 0 Å². The topological polar surface area (TPSA) is 35.5 Å². The second kappa shape index (κ2) is 4.79. The lowest BCUT2D eigenvalue weighted by Crippen LogP contribution is -2.53. The number of rotatable bonds is 3. The lowest BCUT2D eigenvalue weighted by atomic mass is 9.78. The van der Waals surface area contributed by atoms with Gasteiger partial charge in [-0.3, -0.25) is 4.79 Å². The SMILES string of the molecule is COC1(C)C(=O)c2ccccc2C1(OC)c1ccccc1. The van der Waals surface area contributed by atoms with Crippen LogP contribution in [0.1, 0.15) is 28.4 Å². The Balaban J connectivity index is 2.38. The molecule has 3 rings (SSSR count). The molecule has 0 saturated carbocycles. The number of ketones is 1. The quantitative estimate of drug-likeness (QED) is 0.867. The summed E-state index contributed by atoms with van der Waals surface area (Å²) < 4.78 is 11.6. The number of hydrogen-bond donors (Lipinski definition) is 0. The van der Waals surface area contributed by atoms with E-state index in [0.29, 0.717) is 5.56 Å². The summed E-state index contributed by atoms with van der Waals surface area (Å²) in [4.78, 5) is 12.9. The van der Waals surface area contributed by atoms with Crippen molar-refractivity contribution >= 4 is 5.78 Å². The first-order valence-corrected chi connectivity index (χ1v) is 6.92. The predicted molar refractivity (Wildman–Crippen MR) is 80.4 cm³/mol. The zero-order valence-corrected chi connectivity index (χ0v) is 12.4. The van der Waals surface area contributed by atoms with Gasteiger partial charge in [0.05, 0.1) is 0 Å². The van der Waals surface area contributed by atoms with Gasteiger partial charge in [0.2, 0.25) is 0 Å². The van der Waals surface area contributed by atoms with Crippen LogP contribution in [0.2, 0.25) is 0 Å². The maximum atomic E-state index is 12.9. The monoisotopic (exact) mass is 282 g/mol. The van der Waals surface area contributed by atoms with Gasteiger partial charge in [0, 0.05) is 25.3 Å². The Hall–Kier alpha value is -1.97. The number of ether oxygens (including phenoxy) is 2. The van der Waals surface area contributed by atoms with Crippen molar-refractivity contribution in [3.8, 4) is 0 Å². The van der Waals surface area contributed by atoms with E-state index in [2.05, 4.69) is 0 Å². The van der Waals surface area contributed by atoms with Crippen LogP contribution in [0, 0.1) is 0 Å². The molecule has 0 radical (unpaired) electrons. The highest BCUT2D eigenvalue weighted by atomic mass is 16.6.